The highest BCUT2D eigenvalue weighted by molar-refractivity contribution is 9.10. The molecule has 114 valence electrons. The Bertz CT molecular complexity index is 815. The van der Waals surface area contributed by atoms with Crippen molar-refractivity contribution >= 4 is 15.9 Å². The van der Waals surface area contributed by atoms with Gasteiger partial charge in [-0.25, -0.2) is 0 Å². The Kier molecular flexibility index (Phi) is 3.47. The van der Waals surface area contributed by atoms with Gasteiger partial charge in [-0.15, -0.1) is 0 Å². The summed E-state index contributed by atoms with van der Waals surface area (Å²) in [5, 5.41) is 0. The predicted octanol–water partition coefficient (Wildman–Crippen LogP) is 4.86. The Morgan fingerprint density at radius 2 is 1.43 bits per heavy atom. The zero-order valence-electron chi connectivity index (χ0n) is 12.5. The largest absolute Gasteiger partial charge is 0.468 e. The maximum absolute atomic E-state index is 6.51. The third-order valence-electron chi connectivity index (χ3n) is 4.27. The van der Waals surface area contributed by atoms with Gasteiger partial charge in [0.05, 0.1) is 0 Å². The number of rotatable bonds is 2. The lowest BCUT2D eigenvalue weighted by Gasteiger charge is -2.24. The van der Waals surface area contributed by atoms with E-state index in [9.17, 15) is 0 Å². The molecule has 1 heterocycles. The van der Waals surface area contributed by atoms with Crippen LogP contribution in [0.2, 0.25) is 0 Å². The van der Waals surface area contributed by atoms with E-state index in [1.807, 2.05) is 30.3 Å². The fourth-order valence-electron chi connectivity index (χ4n) is 3.01. The Morgan fingerprint density at radius 1 is 0.826 bits per heavy atom. The van der Waals surface area contributed by atoms with Crippen molar-refractivity contribution in [1.29, 1.82) is 0 Å². The quantitative estimate of drug-likeness (QED) is 0.703. The highest BCUT2D eigenvalue weighted by Crippen LogP contribution is 2.38. The molecular formula is C20H16BrNO. The van der Waals surface area contributed by atoms with Gasteiger partial charge in [0.2, 0.25) is 0 Å². The van der Waals surface area contributed by atoms with Gasteiger partial charge in [-0.3, -0.25) is 5.73 Å². The number of hydrogen-bond donors (Lipinski definition) is 1. The van der Waals surface area contributed by atoms with Crippen LogP contribution < -0.4 is 10.5 Å². The monoisotopic (exact) mass is 365 g/mol. The Hall–Kier alpha value is -2.10. The molecule has 0 saturated carbocycles. The van der Waals surface area contributed by atoms with Crippen LogP contribution in [-0.2, 0) is 12.1 Å². The van der Waals surface area contributed by atoms with Crippen LogP contribution in [0, 0.1) is 0 Å². The number of benzene rings is 3. The summed E-state index contributed by atoms with van der Waals surface area (Å²) in [7, 11) is 0. The SMILES string of the molecule is NC1(c2ccc(-c3ccc(Br)cc3)cc2)Cc2ccccc2O1. The van der Waals surface area contributed by atoms with Gasteiger partial charge in [0.25, 0.3) is 0 Å². The fourth-order valence-corrected chi connectivity index (χ4v) is 3.28. The number of para-hydroxylation sites is 1. The van der Waals surface area contributed by atoms with Crippen LogP contribution in [-0.4, -0.2) is 0 Å². The third-order valence-corrected chi connectivity index (χ3v) is 4.80. The van der Waals surface area contributed by atoms with Crippen LogP contribution in [0.1, 0.15) is 11.1 Å². The van der Waals surface area contributed by atoms with Crippen LogP contribution in [0.15, 0.2) is 77.3 Å². The van der Waals surface area contributed by atoms with Crippen molar-refractivity contribution in [2.75, 3.05) is 0 Å². The minimum absolute atomic E-state index is 0.695. The molecule has 0 spiro atoms. The maximum atomic E-state index is 6.51. The van der Waals surface area contributed by atoms with Gasteiger partial charge in [-0.05, 0) is 29.3 Å². The maximum Gasteiger partial charge on any atom is 0.188 e. The van der Waals surface area contributed by atoms with Crippen molar-refractivity contribution in [1.82, 2.24) is 0 Å². The normalized spacial score (nSPS) is 19.2. The number of ether oxygens (including phenoxy) is 1. The van der Waals surface area contributed by atoms with Crippen LogP contribution in [0.5, 0.6) is 5.75 Å². The molecule has 3 heteroatoms. The molecule has 4 rings (SSSR count). The van der Waals surface area contributed by atoms with Gasteiger partial charge in [-0.2, -0.15) is 0 Å². The standard InChI is InChI=1S/C20H16BrNO/c21-18-11-7-15(8-12-18)14-5-9-17(10-6-14)20(22)13-16-3-1-2-4-19(16)23-20/h1-12H,13,22H2. The summed E-state index contributed by atoms with van der Waals surface area (Å²) in [5.74, 6) is 0.881. The number of nitrogens with two attached hydrogens (primary N) is 1. The van der Waals surface area contributed by atoms with E-state index in [2.05, 4.69) is 58.4 Å². The Labute approximate surface area is 144 Å². The lowest BCUT2D eigenvalue weighted by atomic mass is 9.95. The van der Waals surface area contributed by atoms with Gasteiger partial charge in [0, 0.05) is 22.0 Å². The van der Waals surface area contributed by atoms with E-state index < -0.39 is 5.72 Å². The van der Waals surface area contributed by atoms with Gasteiger partial charge < -0.3 is 4.74 Å². The topological polar surface area (TPSA) is 35.2 Å². The smallest absolute Gasteiger partial charge is 0.188 e. The first kappa shape index (κ1) is 14.5. The van der Waals surface area contributed by atoms with Gasteiger partial charge in [-0.1, -0.05) is 70.5 Å². The molecule has 1 aliphatic rings. The van der Waals surface area contributed by atoms with Crippen molar-refractivity contribution in [3.63, 3.8) is 0 Å². The molecule has 0 fully saturated rings. The Balaban J connectivity index is 1.63. The van der Waals surface area contributed by atoms with Crippen LogP contribution in [0.4, 0.5) is 0 Å². The second kappa shape index (κ2) is 5.52. The first-order valence-corrected chi connectivity index (χ1v) is 8.36. The lowest BCUT2D eigenvalue weighted by Crippen LogP contribution is -2.41. The molecule has 2 nitrogen and oxygen atoms in total. The molecule has 3 aromatic carbocycles. The second-order valence-corrected chi connectivity index (χ2v) is 6.78. The van der Waals surface area contributed by atoms with E-state index in [-0.39, 0.29) is 0 Å². The third kappa shape index (κ3) is 2.67. The van der Waals surface area contributed by atoms with Crippen molar-refractivity contribution in [2.24, 2.45) is 5.73 Å². The summed E-state index contributed by atoms with van der Waals surface area (Å²) in [6, 6.07) is 24.6. The Morgan fingerprint density at radius 3 is 2.09 bits per heavy atom. The van der Waals surface area contributed by atoms with E-state index in [0.29, 0.717) is 6.42 Å². The zero-order valence-corrected chi connectivity index (χ0v) is 14.1. The molecule has 0 aliphatic carbocycles. The highest BCUT2D eigenvalue weighted by atomic mass is 79.9. The lowest BCUT2D eigenvalue weighted by molar-refractivity contribution is 0.101. The molecule has 3 aromatic rings. The molecular weight excluding hydrogens is 350 g/mol. The molecule has 0 saturated heterocycles. The summed E-state index contributed by atoms with van der Waals surface area (Å²) in [6.45, 7) is 0. The summed E-state index contributed by atoms with van der Waals surface area (Å²) in [6.07, 6.45) is 0.695. The van der Waals surface area contributed by atoms with Crippen LogP contribution in [0.25, 0.3) is 11.1 Å². The number of halogens is 1. The van der Waals surface area contributed by atoms with Gasteiger partial charge >= 0.3 is 0 Å². The molecule has 1 atom stereocenters. The van der Waals surface area contributed by atoms with Gasteiger partial charge in [0.15, 0.2) is 5.72 Å². The summed E-state index contributed by atoms with van der Waals surface area (Å²) in [5.41, 5.74) is 10.2. The van der Waals surface area contributed by atoms with Crippen LogP contribution in [0.3, 0.4) is 0 Å². The number of hydrogen-bond acceptors (Lipinski definition) is 2. The summed E-state index contributed by atoms with van der Waals surface area (Å²) < 4.78 is 7.09. The molecule has 1 aliphatic heterocycles. The van der Waals surface area contributed by atoms with Crippen molar-refractivity contribution < 1.29 is 4.74 Å². The minimum Gasteiger partial charge on any atom is -0.468 e. The van der Waals surface area contributed by atoms with Crippen molar-refractivity contribution in [2.45, 2.75) is 12.1 Å². The molecule has 0 amide bonds. The highest BCUT2D eigenvalue weighted by Gasteiger charge is 2.36. The molecule has 0 aromatic heterocycles. The van der Waals surface area contributed by atoms with Gasteiger partial charge in [0.1, 0.15) is 5.75 Å². The first-order chi connectivity index (χ1) is 11.1. The predicted molar refractivity (Wildman–Crippen MR) is 96.2 cm³/mol. The summed E-state index contributed by atoms with van der Waals surface area (Å²) in [4.78, 5) is 0. The molecule has 23 heavy (non-hydrogen) atoms. The van der Waals surface area contributed by atoms with E-state index in [1.165, 1.54) is 11.1 Å². The molecule has 0 bridgehead atoms. The fraction of sp³-hybridized carbons (Fsp3) is 0.100. The van der Waals surface area contributed by atoms with E-state index in [1.54, 1.807) is 0 Å². The van der Waals surface area contributed by atoms with E-state index in [0.717, 1.165) is 21.3 Å². The first-order valence-electron chi connectivity index (χ1n) is 7.56. The van der Waals surface area contributed by atoms with Crippen LogP contribution >= 0.6 is 15.9 Å². The second-order valence-electron chi connectivity index (χ2n) is 5.86. The average molecular weight is 366 g/mol. The van der Waals surface area contributed by atoms with Crippen molar-refractivity contribution in [3.05, 3.63) is 88.4 Å². The average Bonchev–Trinajstić information content (AvgIpc) is 2.93. The number of fused-ring (bicyclic) bond motifs is 1. The molecule has 1 unspecified atom stereocenters. The molecule has 2 N–H and O–H groups in total. The van der Waals surface area contributed by atoms with E-state index in [4.69, 9.17) is 10.5 Å². The summed E-state index contributed by atoms with van der Waals surface area (Å²) >= 11 is 3.46. The van der Waals surface area contributed by atoms with Crippen molar-refractivity contribution in [3.8, 4) is 16.9 Å². The zero-order chi connectivity index (χ0) is 15.9. The van der Waals surface area contributed by atoms with E-state index >= 15 is 0 Å². The molecule has 0 radical (unpaired) electrons. The minimum atomic E-state index is -0.776.